The van der Waals surface area contributed by atoms with E-state index >= 15 is 0 Å². The van der Waals surface area contributed by atoms with Gasteiger partial charge >= 0.3 is 0 Å². The Morgan fingerprint density at radius 2 is 1.45 bits per heavy atom. The molecule has 0 saturated carbocycles. The van der Waals surface area contributed by atoms with Crippen LogP contribution in [0.2, 0.25) is 5.02 Å². The summed E-state index contributed by atoms with van der Waals surface area (Å²) < 4.78 is 0. The molecule has 0 fully saturated rings. The number of hydrogen-bond acceptors (Lipinski definition) is 0. The van der Waals surface area contributed by atoms with Crippen LogP contribution < -0.4 is 0 Å². The fourth-order valence-electron chi connectivity index (χ4n) is 0.551. The van der Waals surface area contributed by atoms with Gasteiger partial charge in [-0.05, 0) is 18.6 Å². The van der Waals surface area contributed by atoms with Gasteiger partial charge in [0.05, 0.1) is 0 Å². The Balaban J connectivity index is -0.000000213. The predicted octanol–water partition coefficient (Wildman–Crippen LogP) is 3.91. The number of halogens is 4. The first kappa shape index (κ1) is 17.5. The highest BCUT2D eigenvalue weighted by atomic mass is 35.5. The maximum atomic E-state index is 5.71. The van der Waals surface area contributed by atoms with Gasteiger partial charge in [0.1, 0.15) is 0 Å². The van der Waals surface area contributed by atoms with Gasteiger partial charge in [-0.1, -0.05) is 29.8 Å². The quantitative estimate of drug-likeness (QED) is 0.640. The molecule has 1 aromatic carbocycles. The van der Waals surface area contributed by atoms with Crippen molar-refractivity contribution in [3.05, 3.63) is 34.9 Å². The van der Waals surface area contributed by atoms with E-state index in [0.29, 0.717) is 0 Å². The highest BCUT2D eigenvalue weighted by Gasteiger charge is 1.86. The third-order valence-electron chi connectivity index (χ3n) is 1.08. The van der Waals surface area contributed by atoms with Crippen molar-refractivity contribution in [1.29, 1.82) is 0 Å². The minimum atomic E-state index is 0. The fraction of sp³-hybridized carbons (Fsp3) is 0.143. The molecule has 0 bridgehead atoms. The fourth-order valence-corrected chi connectivity index (χ4v) is 0.687. The maximum absolute atomic E-state index is 5.71. The van der Waals surface area contributed by atoms with Crippen LogP contribution in [-0.2, 0) is 0 Å². The van der Waals surface area contributed by atoms with E-state index in [4.69, 9.17) is 11.6 Å². The summed E-state index contributed by atoms with van der Waals surface area (Å²) in [5.74, 6) is 0. The van der Waals surface area contributed by atoms with Crippen LogP contribution in [0.15, 0.2) is 24.3 Å². The molecule has 0 atom stereocenters. The molecular formula is C7H10Cl4. The van der Waals surface area contributed by atoms with E-state index in [2.05, 4.69) is 0 Å². The molecule has 0 aliphatic rings. The van der Waals surface area contributed by atoms with Gasteiger partial charge in [0.25, 0.3) is 0 Å². The molecule has 0 spiro atoms. The zero-order chi connectivity index (χ0) is 5.98. The third-order valence-corrected chi connectivity index (χ3v) is 1.50. The van der Waals surface area contributed by atoms with E-state index < -0.39 is 0 Å². The topological polar surface area (TPSA) is 0 Å². The van der Waals surface area contributed by atoms with E-state index in [-0.39, 0.29) is 37.2 Å². The average Bonchev–Trinajstić information content (AvgIpc) is 1.77. The maximum Gasteiger partial charge on any atom is 0.0435 e. The Morgan fingerprint density at radius 1 is 1.00 bits per heavy atom. The van der Waals surface area contributed by atoms with Crippen LogP contribution in [-0.4, -0.2) is 0 Å². The Bertz CT molecular complexity index is 167. The lowest BCUT2D eigenvalue weighted by Gasteiger charge is -1.90. The van der Waals surface area contributed by atoms with Crippen LogP contribution in [0, 0.1) is 6.92 Å². The molecule has 0 amide bonds. The molecule has 0 aliphatic heterocycles. The molecule has 0 saturated heterocycles. The van der Waals surface area contributed by atoms with Gasteiger partial charge in [-0.2, -0.15) is 0 Å². The van der Waals surface area contributed by atoms with Gasteiger partial charge in [0.2, 0.25) is 0 Å². The first-order valence-corrected chi connectivity index (χ1v) is 2.89. The number of aryl methyl sites for hydroxylation is 1. The molecule has 0 nitrogen and oxygen atoms in total. The van der Waals surface area contributed by atoms with E-state index in [1.807, 2.05) is 31.2 Å². The molecule has 0 N–H and O–H groups in total. The summed E-state index contributed by atoms with van der Waals surface area (Å²) >= 11 is 5.71. The smallest absolute Gasteiger partial charge is 0.0435 e. The Morgan fingerprint density at radius 3 is 1.73 bits per heavy atom. The van der Waals surface area contributed by atoms with Crippen molar-refractivity contribution in [3.8, 4) is 0 Å². The zero-order valence-corrected chi connectivity index (χ0v) is 9.12. The molecule has 4 heteroatoms. The van der Waals surface area contributed by atoms with E-state index in [0.717, 1.165) is 10.6 Å². The second kappa shape index (κ2) is 8.48. The van der Waals surface area contributed by atoms with Crippen molar-refractivity contribution >= 4 is 48.8 Å². The number of rotatable bonds is 0. The Hall–Kier alpha value is 0.380. The summed E-state index contributed by atoms with van der Waals surface area (Å²) in [6, 6.07) is 7.77. The van der Waals surface area contributed by atoms with Gasteiger partial charge < -0.3 is 0 Å². The minimum absolute atomic E-state index is 0. The third kappa shape index (κ3) is 5.63. The number of benzene rings is 1. The summed E-state index contributed by atoms with van der Waals surface area (Å²) in [5, 5.41) is 0.840. The van der Waals surface area contributed by atoms with Gasteiger partial charge in [-0.25, -0.2) is 0 Å². The summed E-state index contributed by atoms with van der Waals surface area (Å²) in [6.45, 7) is 1.99. The first-order chi connectivity index (χ1) is 3.80. The average molecular weight is 236 g/mol. The summed E-state index contributed by atoms with van der Waals surface area (Å²) in [7, 11) is 0. The molecule has 0 radical (unpaired) electrons. The minimum Gasteiger partial charge on any atom is -0.147 e. The van der Waals surface area contributed by atoms with Crippen LogP contribution in [0.4, 0.5) is 0 Å². The SMILES string of the molecule is Cc1ccccc1Cl.Cl.Cl.Cl. The second-order valence-electron chi connectivity index (χ2n) is 1.75. The van der Waals surface area contributed by atoms with Crippen LogP contribution in [0.25, 0.3) is 0 Å². The van der Waals surface area contributed by atoms with E-state index in [1.54, 1.807) is 0 Å². The molecule has 0 unspecified atom stereocenters. The van der Waals surface area contributed by atoms with Crippen LogP contribution in [0.3, 0.4) is 0 Å². The van der Waals surface area contributed by atoms with Crippen LogP contribution in [0.1, 0.15) is 5.56 Å². The molecule has 0 aliphatic carbocycles. The van der Waals surface area contributed by atoms with E-state index in [1.165, 1.54) is 0 Å². The van der Waals surface area contributed by atoms with Crippen molar-refractivity contribution in [2.45, 2.75) is 6.92 Å². The molecule has 11 heavy (non-hydrogen) atoms. The van der Waals surface area contributed by atoms with Crippen LogP contribution in [0.5, 0.6) is 0 Å². The monoisotopic (exact) mass is 234 g/mol. The normalized spacial score (nSPS) is 6.73. The standard InChI is InChI=1S/C7H7Cl.3ClH/c1-6-4-2-3-5-7(6)8;;;/h2-5H,1H3;3*1H. The van der Waals surface area contributed by atoms with Crippen molar-refractivity contribution in [1.82, 2.24) is 0 Å². The molecule has 66 valence electrons. The van der Waals surface area contributed by atoms with Gasteiger partial charge in [-0.15, -0.1) is 37.2 Å². The Kier molecular flexibility index (Phi) is 13.5. The highest BCUT2D eigenvalue weighted by Crippen LogP contribution is 2.11. The molecular weight excluding hydrogens is 226 g/mol. The Labute approximate surface area is 90.6 Å². The van der Waals surface area contributed by atoms with Crippen LogP contribution >= 0.6 is 48.8 Å². The second-order valence-corrected chi connectivity index (χ2v) is 2.16. The van der Waals surface area contributed by atoms with Crippen molar-refractivity contribution < 1.29 is 0 Å². The number of hydrogen-bond donors (Lipinski definition) is 0. The lowest BCUT2D eigenvalue weighted by atomic mass is 10.2. The van der Waals surface area contributed by atoms with Crippen molar-refractivity contribution in [2.24, 2.45) is 0 Å². The lowest BCUT2D eigenvalue weighted by Crippen LogP contribution is -1.68. The van der Waals surface area contributed by atoms with Crippen molar-refractivity contribution in [2.75, 3.05) is 0 Å². The zero-order valence-electron chi connectivity index (χ0n) is 5.91. The van der Waals surface area contributed by atoms with Crippen molar-refractivity contribution in [3.63, 3.8) is 0 Å². The molecule has 0 heterocycles. The largest absolute Gasteiger partial charge is 0.147 e. The predicted molar refractivity (Wildman–Crippen MR) is 57.9 cm³/mol. The first-order valence-electron chi connectivity index (χ1n) is 2.52. The summed E-state index contributed by atoms with van der Waals surface area (Å²) in [4.78, 5) is 0. The van der Waals surface area contributed by atoms with E-state index in [9.17, 15) is 0 Å². The molecule has 0 aromatic heterocycles. The van der Waals surface area contributed by atoms with Gasteiger partial charge in [0.15, 0.2) is 0 Å². The summed E-state index contributed by atoms with van der Waals surface area (Å²) in [6.07, 6.45) is 0. The lowest BCUT2D eigenvalue weighted by molar-refractivity contribution is 1.47. The summed E-state index contributed by atoms with van der Waals surface area (Å²) in [5.41, 5.74) is 1.13. The molecule has 1 rings (SSSR count). The van der Waals surface area contributed by atoms with Gasteiger partial charge in [0, 0.05) is 5.02 Å². The van der Waals surface area contributed by atoms with Gasteiger partial charge in [-0.3, -0.25) is 0 Å². The molecule has 1 aromatic rings. The highest BCUT2D eigenvalue weighted by molar-refractivity contribution is 6.31.